The molecule has 0 aromatic carbocycles. The largest absolute Gasteiger partial charge is 0.480 e. The summed E-state index contributed by atoms with van der Waals surface area (Å²) in [7, 11) is 0. The van der Waals surface area contributed by atoms with Gasteiger partial charge in [-0.1, -0.05) is 13.3 Å². The lowest BCUT2D eigenvalue weighted by molar-refractivity contribution is -0.171. The highest BCUT2D eigenvalue weighted by atomic mass is 16.5. The second kappa shape index (κ2) is 5.57. The molecule has 1 saturated carbocycles. The number of rotatable bonds is 5. The van der Waals surface area contributed by atoms with Gasteiger partial charge in [0, 0.05) is 19.1 Å². The zero-order valence-corrected chi connectivity index (χ0v) is 11.5. The fourth-order valence-corrected chi connectivity index (χ4v) is 3.32. The SMILES string of the molecule is CCC1CCC(N2CC(C)(OCC(=O)O)C2)CC1. The minimum atomic E-state index is -0.877. The lowest BCUT2D eigenvalue weighted by atomic mass is 9.81. The van der Waals surface area contributed by atoms with Crippen molar-refractivity contribution < 1.29 is 14.6 Å². The Kier molecular flexibility index (Phi) is 4.28. The first-order valence-corrected chi connectivity index (χ1v) is 7.12. The summed E-state index contributed by atoms with van der Waals surface area (Å²) < 4.78 is 5.45. The first kappa shape index (κ1) is 13.8. The number of carboxylic acids is 1. The van der Waals surface area contributed by atoms with Gasteiger partial charge in [0.1, 0.15) is 6.61 Å². The summed E-state index contributed by atoms with van der Waals surface area (Å²) in [4.78, 5) is 13.0. The average molecular weight is 255 g/mol. The zero-order valence-electron chi connectivity index (χ0n) is 11.5. The minimum absolute atomic E-state index is 0.174. The van der Waals surface area contributed by atoms with E-state index in [1.807, 2.05) is 6.92 Å². The number of hydrogen-bond acceptors (Lipinski definition) is 3. The summed E-state index contributed by atoms with van der Waals surface area (Å²) in [6.07, 6.45) is 6.61. The Morgan fingerprint density at radius 3 is 2.44 bits per heavy atom. The molecule has 0 aromatic heterocycles. The van der Waals surface area contributed by atoms with E-state index < -0.39 is 5.97 Å². The molecule has 1 saturated heterocycles. The Hall–Kier alpha value is -0.610. The van der Waals surface area contributed by atoms with Gasteiger partial charge in [-0.15, -0.1) is 0 Å². The lowest BCUT2D eigenvalue weighted by Crippen LogP contribution is -2.64. The maximum Gasteiger partial charge on any atom is 0.329 e. The number of carboxylic acid groups (broad SMARTS) is 1. The highest BCUT2D eigenvalue weighted by Gasteiger charge is 2.43. The number of likely N-dealkylation sites (tertiary alicyclic amines) is 1. The molecule has 104 valence electrons. The van der Waals surface area contributed by atoms with Crippen LogP contribution in [-0.4, -0.2) is 47.3 Å². The van der Waals surface area contributed by atoms with Gasteiger partial charge in [0.05, 0.1) is 5.60 Å². The van der Waals surface area contributed by atoms with E-state index in [0.29, 0.717) is 6.04 Å². The van der Waals surface area contributed by atoms with E-state index in [1.165, 1.54) is 32.1 Å². The molecule has 18 heavy (non-hydrogen) atoms. The molecule has 0 bridgehead atoms. The summed E-state index contributed by atoms with van der Waals surface area (Å²) in [5, 5.41) is 8.63. The van der Waals surface area contributed by atoms with E-state index in [0.717, 1.165) is 19.0 Å². The smallest absolute Gasteiger partial charge is 0.329 e. The molecule has 4 nitrogen and oxygen atoms in total. The predicted molar refractivity (Wildman–Crippen MR) is 69.6 cm³/mol. The normalized spacial score (nSPS) is 31.9. The summed E-state index contributed by atoms with van der Waals surface area (Å²) in [6.45, 7) is 5.91. The molecule has 1 N–H and O–H groups in total. The topological polar surface area (TPSA) is 49.8 Å². The van der Waals surface area contributed by atoms with Crippen LogP contribution in [0.2, 0.25) is 0 Å². The fourth-order valence-electron chi connectivity index (χ4n) is 3.32. The Labute approximate surface area is 109 Å². The van der Waals surface area contributed by atoms with Gasteiger partial charge in [-0.05, 0) is 38.5 Å². The van der Waals surface area contributed by atoms with E-state index in [4.69, 9.17) is 9.84 Å². The van der Waals surface area contributed by atoms with Gasteiger partial charge in [-0.3, -0.25) is 4.90 Å². The molecule has 4 heteroatoms. The highest BCUT2D eigenvalue weighted by Crippen LogP contribution is 2.35. The van der Waals surface area contributed by atoms with Crippen LogP contribution >= 0.6 is 0 Å². The van der Waals surface area contributed by atoms with Gasteiger partial charge in [-0.2, -0.15) is 0 Å². The molecule has 2 fully saturated rings. The van der Waals surface area contributed by atoms with Crippen molar-refractivity contribution in [3.8, 4) is 0 Å². The maximum atomic E-state index is 10.5. The quantitative estimate of drug-likeness (QED) is 0.817. The van der Waals surface area contributed by atoms with Crippen molar-refractivity contribution in [1.82, 2.24) is 4.90 Å². The first-order valence-electron chi connectivity index (χ1n) is 7.12. The van der Waals surface area contributed by atoms with E-state index in [2.05, 4.69) is 11.8 Å². The third-order valence-corrected chi connectivity index (χ3v) is 4.53. The Morgan fingerprint density at radius 2 is 1.94 bits per heavy atom. The van der Waals surface area contributed by atoms with Crippen molar-refractivity contribution >= 4 is 5.97 Å². The van der Waals surface area contributed by atoms with E-state index >= 15 is 0 Å². The van der Waals surface area contributed by atoms with Crippen LogP contribution in [0.1, 0.15) is 46.0 Å². The molecule has 0 radical (unpaired) electrons. The highest BCUT2D eigenvalue weighted by molar-refractivity contribution is 5.68. The second-order valence-electron chi connectivity index (χ2n) is 6.12. The van der Waals surface area contributed by atoms with Gasteiger partial charge in [0.2, 0.25) is 0 Å². The summed E-state index contributed by atoms with van der Waals surface area (Å²) >= 11 is 0. The molecule has 1 aliphatic heterocycles. The van der Waals surface area contributed by atoms with E-state index in [1.54, 1.807) is 0 Å². The molecule has 0 spiro atoms. The van der Waals surface area contributed by atoms with Crippen molar-refractivity contribution in [3.05, 3.63) is 0 Å². The molecule has 1 aliphatic carbocycles. The van der Waals surface area contributed by atoms with Crippen LogP contribution < -0.4 is 0 Å². The Morgan fingerprint density at radius 1 is 1.33 bits per heavy atom. The number of carbonyl (C=O) groups is 1. The summed E-state index contributed by atoms with van der Waals surface area (Å²) in [5.41, 5.74) is -0.236. The Balaban J connectivity index is 1.70. The summed E-state index contributed by atoms with van der Waals surface area (Å²) in [5.74, 6) is 0.0512. The maximum absolute atomic E-state index is 10.5. The van der Waals surface area contributed by atoms with Crippen molar-refractivity contribution in [2.45, 2.75) is 57.6 Å². The van der Waals surface area contributed by atoms with Crippen LogP contribution in [0.5, 0.6) is 0 Å². The van der Waals surface area contributed by atoms with Crippen molar-refractivity contribution in [3.63, 3.8) is 0 Å². The molecular formula is C14H25NO3. The average Bonchev–Trinajstić information content (AvgIpc) is 2.33. The van der Waals surface area contributed by atoms with Crippen LogP contribution in [0.15, 0.2) is 0 Å². The van der Waals surface area contributed by atoms with Crippen molar-refractivity contribution in [1.29, 1.82) is 0 Å². The number of aliphatic carboxylic acids is 1. The van der Waals surface area contributed by atoms with E-state index in [9.17, 15) is 4.79 Å². The van der Waals surface area contributed by atoms with Gasteiger partial charge >= 0.3 is 5.97 Å². The molecule has 0 amide bonds. The Bertz CT molecular complexity index is 291. The van der Waals surface area contributed by atoms with E-state index in [-0.39, 0.29) is 12.2 Å². The number of nitrogens with zero attached hydrogens (tertiary/aromatic N) is 1. The van der Waals surface area contributed by atoms with Gasteiger partial charge in [0.25, 0.3) is 0 Å². The predicted octanol–water partition coefficient (Wildman–Crippen LogP) is 2.13. The standard InChI is InChI=1S/C14H25NO3/c1-3-11-4-6-12(7-5-11)15-9-14(2,10-15)18-8-13(16)17/h11-12H,3-10H2,1-2H3,(H,16,17). The van der Waals surface area contributed by atoms with Crippen LogP contribution in [0, 0.1) is 5.92 Å². The molecule has 2 aliphatic rings. The lowest BCUT2D eigenvalue weighted by Gasteiger charge is -2.52. The third kappa shape index (κ3) is 3.23. The van der Waals surface area contributed by atoms with Crippen LogP contribution in [-0.2, 0) is 9.53 Å². The first-order chi connectivity index (χ1) is 8.52. The number of ether oxygens (including phenoxy) is 1. The second-order valence-corrected chi connectivity index (χ2v) is 6.12. The van der Waals surface area contributed by atoms with Crippen LogP contribution in [0.4, 0.5) is 0 Å². The van der Waals surface area contributed by atoms with Crippen LogP contribution in [0.3, 0.4) is 0 Å². The third-order valence-electron chi connectivity index (χ3n) is 4.53. The van der Waals surface area contributed by atoms with Gasteiger partial charge in [0.15, 0.2) is 0 Å². The molecule has 1 heterocycles. The fraction of sp³-hybridized carbons (Fsp3) is 0.929. The monoisotopic (exact) mass is 255 g/mol. The van der Waals surface area contributed by atoms with Gasteiger partial charge in [-0.25, -0.2) is 4.79 Å². The zero-order chi connectivity index (χ0) is 13.2. The van der Waals surface area contributed by atoms with Crippen molar-refractivity contribution in [2.75, 3.05) is 19.7 Å². The molecule has 0 unspecified atom stereocenters. The molecule has 0 atom stereocenters. The minimum Gasteiger partial charge on any atom is -0.480 e. The molecular weight excluding hydrogens is 230 g/mol. The van der Waals surface area contributed by atoms with Crippen molar-refractivity contribution in [2.24, 2.45) is 5.92 Å². The summed E-state index contributed by atoms with van der Waals surface area (Å²) in [6, 6.07) is 0.703. The van der Waals surface area contributed by atoms with Gasteiger partial charge < -0.3 is 9.84 Å². The molecule has 0 aromatic rings. The van der Waals surface area contributed by atoms with Crippen LogP contribution in [0.25, 0.3) is 0 Å². The number of hydrogen-bond donors (Lipinski definition) is 1. The molecule has 2 rings (SSSR count).